The summed E-state index contributed by atoms with van der Waals surface area (Å²) < 4.78 is 29.7. The second-order valence-corrected chi connectivity index (χ2v) is 7.03. The van der Waals surface area contributed by atoms with Gasteiger partial charge in [-0.2, -0.15) is 0 Å². The second-order valence-electron chi connectivity index (χ2n) is 5.37. The van der Waals surface area contributed by atoms with Gasteiger partial charge in [-0.15, -0.1) is 4.83 Å². The molecule has 0 spiro atoms. The topological polar surface area (TPSA) is 70.7 Å². The van der Waals surface area contributed by atoms with Gasteiger partial charge in [-0.25, -0.2) is 13.4 Å². The molecular formula is C14H23N3O3S. The minimum Gasteiger partial charge on any atom is -0.379 e. The summed E-state index contributed by atoms with van der Waals surface area (Å²) in [6, 6.07) is 7.35. The van der Waals surface area contributed by atoms with Gasteiger partial charge in [-0.3, -0.25) is 0 Å². The van der Waals surface area contributed by atoms with E-state index < -0.39 is 10.0 Å². The Hall–Kier alpha value is -0.990. The summed E-state index contributed by atoms with van der Waals surface area (Å²) >= 11 is 0. The highest BCUT2D eigenvalue weighted by Gasteiger charge is 2.19. The van der Waals surface area contributed by atoms with Gasteiger partial charge in [0.15, 0.2) is 0 Å². The third-order valence-electron chi connectivity index (χ3n) is 3.21. The molecule has 0 aliphatic carbocycles. The summed E-state index contributed by atoms with van der Waals surface area (Å²) in [6.07, 6.45) is 0. The van der Waals surface area contributed by atoms with E-state index in [0.717, 1.165) is 12.1 Å². The summed E-state index contributed by atoms with van der Waals surface area (Å²) in [5, 5.41) is 4.97. The van der Waals surface area contributed by atoms with E-state index in [-0.39, 0.29) is 4.90 Å². The third kappa shape index (κ3) is 5.05. The van der Waals surface area contributed by atoms with Crippen molar-refractivity contribution in [2.75, 3.05) is 26.3 Å². The highest BCUT2D eigenvalue weighted by Crippen LogP contribution is 2.11. The second kappa shape index (κ2) is 7.33. The maximum absolute atomic E-state index is 12.3. The molecule has 0 unspecified atom stereocenters. The fourth-order valence-corrected chi connectivity index (χ4v) is 3.11. The predicted octanol–water partition coefficient (Wildman–Crippen LogP) is 0.710. The van der Waals surface area contributed by atoms with Gasteiger partial charge in [0.1, 0.15) is 0 Å². The molecule has 1 aliphatic rings. The molecule has 1 heterocycles. The van der Waals surface area contributed by atoms with Crippen molar-refractivity contribution in [2.45, 2.75) is 31.3 Å². The molecule has 1 aromatic rings. The van der Waals surface area contributed by atoms with E-state index >= 15 is 0 Å². The van der Waals surface area contributed by atoms with Crippen molar-refractivity contribution in [1.82, 2.24) is 15.2 Å². The van der Waals surface area contributed by atoms with Gasteiger partial charge in [0.2, 0.25) is 0 Å². The van der Waals surface area contributed by atoms with Crippen molar-refractivity contribution < 1.29 is 13.2 Å². The fraction of sp³-hybridized carbons (Fsp3) is 0.571. The van der Waals surface area contributed by atoms with E-state index in [1.165, 1.54) is 0 Å². The van der Waals surface area contributed by atoms with Crippen molar-refractivity contribution in [3.05, 3.63) is 29.8 Å². The number of hydrogen-bond acceptors (Lipinski definition) is 5. The van der Waals surface area contributed by atoms with Crippen molar-refractivity contribution in [2.24, 2.45) is 0 Å². The Morgan fingerprint density at radius 3 is 2.38 bits per heavy atom. The van der Waals surface area contributed by atoms with Crippen molar-refractivity contribution >= 4 is 10.0 Å². The maximum Gasteiger partial charge on any atom is 0.253 e. The predicted molar refractivity (Wildman–Crippen MR) is 81.1 cm³/mol. The van der Waals surface area contributed by atoms with Gasteiger partial charge >= 0.3 is 0 Å². The number of benzene rings is 1. The number of sulfonamides is 1. The number of hydrogen-bond donors (Lipinski definition) is 2. The largest absolute Gasteiger partial charge is 0.379 e. The molecule has 1 fully saturated rings. The van der Waals surface area contributed by atoms with Crippen molar-refractivity contribution in [1.29, 1.82) is 0 Å². The molecule has 0 bridgehead atoms. The number of rotatable bonds is 6. The molecule has 7 heteroatoms. The molecule has 0 atom stereocenters. The van der Waals surface area contributed by atoms with Gasteiger partial charge in [-0.05, 0) is 17.7 Å². The zero-order valence-corrected chi connectivity index (χ0v) is 13.3. The van der Waals surface area contributed by atoms with E-state index in [0.29, 0.717) is 32.3 Å². The molecular weight excluding hydrogens is 290 g/mol. The van der Waals surface area contributed by atoms with Crippen LogP contribution >= 0.6 is 0 Å². The van der Waals surface area contributed by atoms with E-state index in [1.54, 1.807) is 17.1 Å². The van der Waals surface area contributed by atoms with Gasteiger partial charge < -0.3 is 10.1 Å². The van der Waals surface area contributed by atoms with E-state index in [1.807, 2.05) is 12.1 Å². The minimum atomic E-state index is -3.51. The SMILES string of the molecule is CC(C)NCc1ccc(S(=O)(=O)NN2CCOCC2)cc1. The highest BCUT2D eigenvalue weighted by molar-refractivity contribution is 7.89. The van der Waals surface area contributed by atoms with Crippen LogP contribution in [0.2, 0.25) is 0 Å². The molecule has 0 saturated carbocycles. The summed E-state index contributed by atoms with van der Waals surface area (Å²) in [7, 11) is -3.51. The van der Waals surface area contributed by atoms with Crippen LogP contribution < -0.4 is 10.1 Å². The lowest BCUT2D eigenvalue weighted by molar-refractivity contribution is 0.0272. The van der Waals surface area contributed by atoms with Crippen LogP contribution in [0.4, 0.5) is 0 Å². The Morgan fingerprint density at radius 2 is 1.81 bits per heavy atom. The maximum atomic E-state index is 12.3. The van der Waals surface area contributed by atoms with Crippen LogP contribution in [0.3, 0.4) is 0 Å². The first-order valence-electron chi connectivity index (χ1n) is 7.15. The molecule has 118 valence electrons. The van der Waals surface area contributed by atoms with Gasteiger partial charge in [0.25, 0.3) is 10.0 Å². The molecule has 2 N–H and O–H groups in total. The number of hydrazine groups is 1. The molecule has 0 amide bonds. The molecule has 2 rings (SSSR count). The molecule has 1 saturated heterocycles. The van der Waals surface area contributed by atoms with Crippen LogP contribution in [0.5, 0.6) is 0 Å². The molecule has 0 radical (unpaired) electrons. The molecule has 21 heavy (non-hydrogen) atoms. The quantitative estimate of drug-likeness (QED) is 0.809. The Morgan fingerprint density at radius 1 is 1.19 bits per heavy atom. The lowest BCUT2D eigenvalue weighted by atomic mass is 10.2. The van der Waals surface area contributed by atoms with Crippen LogP contribution in [0, 0.1) is 0 Å². The average molecular weight is 313 g/mol. The number of ether oxygens (including phenoxy) is 1. The fourth-order valence-electron chi connectivity index (χ4n) is 1.99. The first-order valence-corrected chi connectivity index (χ1v) is 8.63. The lowest BCUT2D eigenvalue weighted by Gasteiger charge is -2.26. The Bertz CT molecular complexity index is 537. The summed E-state index contributed by atoms with van der Waals surface area (Å²) in [5.74, 6) is 0. The average Bonchev–Trinajstić information content (AvgIpc) is 2.46. The summed E-state index contributed by atoms with van der Waals surface area (Å²) in [4.78, 5) is 2.87. The molecule has 1 aliphatic heterocycles. The zero-order valence-electron chi connectivity index (χ0n) is 12.5. The number of nitrogens with one attached hydrogen (secondary N) is 2. The first-order chi connectivity index (χ1) is 9.97. The number of nitrogens with zero attached hydrogens (tertiary/aromatic N) is 1. The normalized spacial score (nSPS) is 17.3. The molecule has 6 nitrogen and oxygen atoms in total. The van der Waals surface area contributed by atoms with E-state index in [4.69, 9.17) is 4.74 Å². The smallest absolute Gasteiger partial charge is 0.253 e. The van der Waals surface area contributed by atoms with Crippen LogP contribution in [-0.2, 0) is 21.3 Å². The van der Waals surface area contributed by atoms with E-state index in [9.17, 15) is 8.42 Å². The van der Waals surface area contributed by atoms with Crippen LogP contribution in [0.1, 0.15) is 19.4 Å². The van der Waals surface area contributed by atoms with Crippen LogP contribution in [0.15, 0.2) is 29.2 Å². The van der Waals surface area contributed by atoms with Gasteiger partial charge in [0, 0.05) is 25.7 Å². The van der Waals surface area contributed by atoms with Crippen molar-refractivity contribution in [3.63, 3.8) is 0 Å². The van der Waals surface area contributed by atoms with Crippen LogP contribution in [0.25, 0.3) is 0 Å². The Balaban J connectivity index is 1.99. The molecule has 1 aromatic carbocycles. The minimum absolute atomic E-state index is 0.280. The highest BCUT2D eigenvalue weighted by atomic mass is 32.2. The Labute approximate surface area is 126 Å². The summed E-state index contributed by atoms with van der Waals surface area (Å²) in [5.41, 5.74) is 1.06. The Kier molecular flexibility index (Phi) is 5.72. The lowest BCUT2D eigenvalue weighted by Crippen LogP contribution is -2.48. The standard InChI is InChI=1S/C14H23N3O3S/c1-12(2)15-11-13-3-5-14(6-4-13)21(18,19)16-17-7-9-20-10-8-17/h3-6,12,15-16H,7-11H2,1-2H3. The van der Waals surface area contributed by atoms with Crippen LogP contribution in [-0.4, -0.2) is 45.8 Å². The first kappa shape index (κ1) is 16.4. The summed E-state index contributed by atoms with van der Waals surface area (Å²) in [6.45, 7) is 7.10. The van der Waals surface area contributed by atoms with Gasteiger partial charge in [-0.1, -0.05) is 26.0 Å². The van der Waals surface area contributed by atoms with Crippen molar-refractivity contribution in [3.8, 4) is 0 Å². The molecule has 0 aromatic heterocycles. The zero-order chi connectivity index (χ0) is 15.3. The monoisotopic (exact) mass is 313 g/mol. The number of morpholine rings is 1. The van der Waals surface area contributed by atoms with Gasteiger partial charge in [0.05, 0.1) is 18.1 Å². The third-order valence-corrected chi connectivity index (χ3v) is 4.60. The van der Waals surface area contributed by atoms with E-state index in [2.05, 4.69) is 24.0 Å².